The van der Waals surface area contributed by atoms with Gasteiger partial charge in [0.1, 0.15) is 23.9 Å². The summed E-state index contributed by atoms with van der Waals surface area (Å²) in [4.78, 5) is 16.7. The van der Waals surface area contributed by atoms with Crippen LogP contribution in [-0.4, -0.2) is 27.4 Å². The number of aromatic nitrogens is 2. The van der Waals surface area contributed by atoms with Crippen LogP contribution in [0.25, 0.3) is 11.0 Å². The Labute approximate surface area is 194 Å². The second-order valence-electron chi connectivity index (χ2n) is 7.00. The SMILES string of the molecule is Cc1cccc(Cl)c1OCc1ccc(/C=N\NC(=O)CSc2nc3ccccc3n2C)o1. The fraction of sp³-hybridized carbons (Fsp3) is 0.174. The van der Waals surface area contributed by atoms with E-state index >= 15 is 0 Å². The van der Waals surface area contributed by atoms with E-state index < -0.39 is 0 Å². The highest BCUT2D eigenvalue weighted by molar-refractivity contribution is 7.99. The molecule has 2 heterocycles. The van der Waals surface area contributed by atoms with Crippen molar-refractivity contribution >= 4 is 46.5 Å². The Bertz CT molecular complexity index is 1260. The minimum absolute atomic E-state index is 0.197. The number of carbonyl (C=O) groups is 1. The van der Waals surface area contributed by atoms with Crippen molar-refractivity contribution in [1.82, 2.24) is 15.0 Å². The summed E-state index contributed by atoms with van der Waals surface area (Å²) in [7, 11) is 1.93. The Morgan fingerprint density at radius 2 is 2.09 bits per heavy atom. The first kappa shape index (κ1) is 22.0. The lowest BCUT2D eigenvalue weighted by molar-refractivity contribution is -0.118. The van der Waals surface area contributed by atoms with Gasteiger partial charge in [0, 0.05) is 7.05 Å². The van der Waals surface area contributed by atoms with E-state index in [1.165, 1.54) is 18.0 Å². The minimum atomic E-state index is -0.234. The molecule has 0 fully saturated rings. The summed E-state index contributed by atoms with van der Waals surface area (Å²) in [5, 5.41) is 5.28. The number of fused-ring (bicyclic) bond motifs is 1. The van der Waals surface area contributed by atoms with Crippen LogP contribution < -0.4 is 10.2 Å². The summed E-state index contributed by atoms with van der Waals surface area (Å²) in [5.41, 5.74) is 5.37. The third kappa shape index (κ3) is 5.15. The average Bonchev–Trinajstić information content (AvgIpc) is 3.36. The van der Waals surface area contributed by atoms with Crippen molar-refractivity contribution in [3.8, 4) is 5.75 Å². The molecule has 4 rings (SSSR count). The Morgan fingerprint density at radius 1 is 1.25 bits per heavy atom. The summed E-state index contributed by atoms with van der Waals surface area (Å²) in [6.45, 7) is 2.16. The molecular weight excluding hydrogens is 448 g/mol. The number of nitrogens with one attached hydrogen (secondary N) is 1. The molecule has 2 aromatic heterocycles. The fourth-order valence-electron chi connectivity index (χ4n) is 3.07. The van der Waals surface area contributed by atoms with E-state index in [9.17, 15) is 4.79 Å². The number of nitrogens with zero attached hydrogens (tertiary/aromatic N) is 3. The van der Waals surface area contributed by atoms with E-state index in [-0.39, 0.29) is 18.3 Å². The van der Waals surface area contributed by atoms with Crippen molar-refractivity contribution in [2.75, 3.05) is 5.75 Å². The van der Waals surface area contributed by atoms with Crippen LogP contribution in [0, 0.1) is 6.92 Å². The van der Waals surface area contributed by atoms with Crippen molar-refractivity contribution in [1.29, 1.82) is 0 Å². The number of rotatable bonds is 8. The number of aryl methyl sites for hydroxylation is 2. The van der Waals surface area contributed by atoms with Crippen LogP contribution in [0.1, 0.15) is 17.1 Å². The lowest BCUT2D eigenvalue weighted by atomic mass is 10.2. The smallest absolute Gasteiger partial charge is 0.250 e. The summed E-state index contributed by atoms with van der Waals surface area (Å²) in [6.07, 6.45) is 1.45. The lowest BCUT2D eigenvalue weighted by Crippen LogP contribution is -2.19. The van der Waals surface area contributed by atoms with E-state index in [0.717, 1.165) is 21.8 Å². The summed E-state index contributed by atoms with van der Waals surface area (Å²) < 4.78 is 13.4. The molecule has 9 heteroatoms. The predicted octanol–water partition coefficient (Wildman–Crippen LogP) is 4.95. The number of amides is 1. The van der Waals surface area contributed by atoms with Crippen LogP contribution in [-0.2, 0) is 18.4 Å². The molecule has 4 aromatic rings. The number of halogens is 1. The van der Waals surface area contributed by atoms with Crippen molar-refractivity contribution < 1.29 is 13.9 Å². The zero-order valence-electron chi connectivity index (χ0n) is 17.5. The zero-order chi connectivity index (χ0) is 22.5. The first-order valence-electron chi connectivity index (χ1n) is 9.84. The number of para-hydroxylation sites is 3. The molecule has 0 aliphatic rings. The number of hydrazone groups is 1. The van der Waals surface area contributed by atoms with Crippen LogP contribution in [0.2, 0.25) is 5.02 Å². The highest BCUT2D eigenvalue weighted by Crippen LogP contribution is 2.28. The van der Waals surface area contributed by atoms with Gasteiger partial charge in [0.25, 0.3) is 5.91 Å². The van der Waals surface area contributed by atoms with Gasteiger partial charge in [0.15, 0.2) is 5.16 Å². The quantitative estimate of drug-likeness (QED) is 0.225. The van der Waals surface area contributed by atoms with Gasteiger partial charge >= 0.3 is 0 Å². The number of benzene rings is 2. The van der Waals surface area contributed by atoms with Gasteiger partial charge in [-0.1, -0.05) is 47.6 Å². The summed E-state index contributed by atoms with van der Waals surface area (Å²) in [6, 6.07) is 17.0. The van der Waals surface area contributed by atoms with Gasteiger partial charge in [0.05, 0.1) is 28.0 Å². The molecule has 0 spiro atoms. The predicted molar refractivity (Wildman–Crippen MR) is 126 cm³/mol. The van der Waals surface area contributed by atoms with Gasteiger partial charge < -0.3 is 13.7 Å². The van der Waals surface area contributed by atoms with E-state index in [2.05, 4.69) is 15.5 Å². The lowest BCUT2D eigenvalue weighted by Gasteiger charge is -2.09. The first-order valence-corrected chi connectivity index (χ1v) is 11.2. The molecule has 0 aliphatic heterocycles. The van der Waals surface area contributed by atoms with E-state index in [1.54, 1.807) is 18.2 Å². The fourth-order valence-corrected chi connectivity index (χ4v) is 4.12. The number of imidazole rings is 1. The monoisotopic (exact) mass is 468 g/mol. The first-order chi connectivity index (χ1) is 15.5. The molecule has 2 aromatic carbocycles. The van der Waals surface area contributed by atoms with Gasteiger partial charge in [-0.05, 0) is 42.8 Å². The Hall–Kier alpha value is -3.23. The number of hydrogen-bond acceptors (Lipinski definition) is 6. The van der Waals surface area contributed by atoms with Gasteiger partial charge in [-0.2, -0.15) is 5.10 Å². The maximum Gasteiger partial charge on any atom is 0.250 e. The highest BCUT2D eigenvalue weighted by atomic mass is 35.5. The zero-order valence-corrected chi connectivity index (χ0v) is 19.1. The Morgan fingerprint density at radius 3 is 2.91 bits per heavy atom. The molecule has 0 unspecified atom stereocenters. The molecule has 1 N–H and O–H groups in total. The molecule has 0 radical (unpaired) electrons. The van der Waals surface area contributed by atoms with Crippen LogP contribution in [0.5, 0.6) is 5.75 Å². The number of furan rings is 1. The Balaban J connectivity index is 1.26. The number of thioether (sulfide) groups is 1. The van der Waals surface area contributed by atoms with Crippen molar-refractivity contribution in [2.45, 2.75) is 18.7 Å². The highest BCUT2D eigenvalue weighted by Gasteiger charge is 2.10. The van der Waals surface area contributed by atoms with Crippen molar-refractivity contribution in [2.24, 2.45) is 12.1 Å². The van der Waals surface area contributed by atoms with Crippen LogP contribution in [0.4, 0.5) is 0 Å². The largest absolute Gasteiger partial charge is 0.484 e. The normalized spacial score (nSPS) is 11.3. The van der Waals surface area contributed by atoms with Gasteiger partial charge in [-0.3, -0.25) is 4.79 Å². The molecule has 0 saturated heterocycles. The average molecular weight is 469 g/mol. The second-order valence-corrected chi connectivity index (χ2v) is 8.35. The maximum absolute atomic E-state index is 12.1. The maximum atomic E-state index is 12.1. The topological polar surface area (TPSA) is 81.6 Å². The molecule has 0 bridgehead atoms. The molecule has 0 aliphatic carbocycles. The third-order valence-electron chi connectivity index (χ3n) is 4.66. The third-order valence-corrected chi connectivity index (χ3v) is 5.99. The van der Waals surface area contributed by atoms with Gasteiger partial charge in [-0.15, -0.1) is 0 Å². The van der Waals surface area contributed by atoms with Crippen LogP contribution >= 0.6 is 23.4 Å². The number of hydrogen-bond donors (Lipinski definition) is 1. The van der Waals surface area contributed by atoms with Crippen LogP contribution in [0.3, 0.4) is 0 Å². The van der Waals surface area contributed by atoms with Crippen LogP contribution in [0.15, 0.2) is 69.3 Å². The van der Waals surface area contributed by atoms with E-state index in [1.807, 2.05) is 54.9 Å². The number of ether oxygens (including phenoxy) is 1. The molecular formula is C23H21ClN4O3S. The standard InChI is InChI=1S/C23H21ClN4O3S/c1-15-6-5-7-18(24)22(15)30-13-17-11-10-16(31-17)12-25-27-21(29)14-32-23-26-19-8-3-4-9-20(19)28(23)2/h3-12H,13-14H2,1-2H3,(H,27,29)/b25-12-. The minimum Gasteiger partial charge on any atom is -0.484 e. The van der Waals surface area contributed by atoms with Gasteiger partial charge in [-0.25, -0.2) is 10.4 Å². The number of carbonyl (C=O) groups excluding carboxylic acids is 1. The van der Waals surface area contributed by atoms with Crippen molar-refractivity contribution in [3.63, 3.8) is 0 Å². The molecule has 32 heavy (non-hydrogen) atoms. The van der Waals surface area contributed by atoms with E-state index in [4.69, 9.17) is 20.8 Å². The summed E-state index contributed by atoms with van der Waals surface area (Å²) >= 11 is 7.52. The molecule has 1 amide bonds. The molecule has 7 nitrogen and oxygen atoms in total. The van der Waals surface area contributed by atoms with Crippen molar-refractivity contribution in [3.05, 3.63) is 76.7 Å². The molecule has 164 valence electrons. The molecule has 0 atom stereocenters. The second kappa shape index (κ2) is 9.93. The Kier molecular flexibility index (Phi) is 6.82. The molecule has 0 saturated carbocycles. The summed E-state index contributed by atoms with van der Waals surface area (Å²) in [5.74, 6) is 1.72. The van der Waals surface area contributed by atoms with E-state index in [0.29, 0.717) is 22.3 Å². The van der Waals surface area contributed by atoms with Gasteiger partial charge in [0.2, 0.25) is 0 Å².